The molecule has 8 heteroatoms. The van der Waals surface area contributed by atoms with E-state index in [-0.39, 0.29) is 22.7 Å². The molecule has 0 unspecified atom stereocenters. The number of nitrogens with one attached hydrogen (secondary N) is 1. The van der Waals surface area contributed by atoms with Crippen molar-refractivity contribution in [1.29, 1.82) is 0 Å². The molecule has 2 N–H and O–H groups in total. The van der Waals surface area contributed by atoms with Crippen molar-refractivity contribution >= 4 is 17.4 Å². The average molecular weight is 327 g/mol. The summed E-state index contributed by atoms with van der Waals surface area (Å²) in [6.45, 7) is 2.17. The fourth-order valence-corrected chi connectivity index (χ4v) is 2.92. The number of nitrogens with zero attached hydrogens (tertiary/aromatic N) is 3. The van der Waals surface area contributed by atoms with Crippen LogP contribution in [0.1, 0.15) is 30.5 Å². The summed E-state index contributed by atoms with van der Waals surface area (Å²) in [5.74, 6) is 0.756. The van der Waals surface area contributed by atoms with Gasteiger partial charge in [0.25, 0.3) is 0 Å². The van der Waals surface area contributed by atoms with Gasteiger partial charge in [0.2, 0.25) is 5.89 Å². The minimum atomic E-state index is -0.510. The molecule has 0 spiro atoms. The first kappa shape index (κ1) is 15.2. The highest BCUT2D eigenvalue weighted by atomic mass is 35.5. The molecule has 1 fully saturated rings. The first-order valence-electron chi connectivity index (χ1n) is 7.06. The monoisotopic (exact) mass is 326 g/mol. The maximum absolute atomic E-state index is 13.7. The van der Waals surface area contributed by atoms with Gasteiger partial charge in [0.1, 0.15) is 0 Å². The Balaban J connectivity index is 1.61. The molecule has 118 valence electrons. The minimum absolute atomic E-state index is 0.0333. The van der Waals surface area contributed by atoms with Gasteiger partial charge in [-0.2, -0.15) is 4.98 Å². The van der Waals surface area contributed by atoms with Crippen molar-refractivity contribution in [3.63, 3.8) is 0 Å². The Hall–Kier alpha value is -1.73. The number of aliphatic hydroxyl groups is 1. The van der Waals surface area contributed by atoms with Crippen molar-refractivity contribution in [3.8, 4) is 0 Å². The van der Waals surface area contributed by atoms with E-state index in [2.05, 4.69) is 20.4 Å². The van der Waals surface area contributed by atoms with Crippen molar-refractivity contribution in [2.75, 3.05) is 11.9 Å². The Kier molecular flexibility index (Phi) is 4.26. The van der Waals surface area contributed by atoms with Crippen LogP contribution in [0, 0.1) is 18.7 Å². The zero-order valence-electron chi connectivity index (χ0n) is 12.0. The molecule has 22 heavy (non-hydrogen) atoms. The van der Waals surface area contributed by atoms with E-state index in [1.165, 1.54) is 12.3 Å². The lowest BCUT2D eigenvalue weighted by atomic mass is 10.0. The second-order valence-electron chi connectivity index (χ2n) is 5.54. The highest BCUT2D eigenvalue weighted by Crippen LogP contribution is 2.37. The third-order valence-electron chi connectivity index (χ3n) is 3.89. The van der Waals surface area contributed by atoms with Gasteiger partial charge in [-0.05, 0) is 25.8 Å². The maximum atomic E-state index is 13.7. The van der Waals surface area contributed by atoms with Crippen molar-refractivity contribution in [3.05, 3.63) is 34.8 Å². The summed E-state index contributed by atoms with van der Waals surface area (Å²) in [6, 6.07) is 1.20. The molecule has 1 saturated carbocycles. The SMILES string of the molecule is Cc1noc([C@H]2C[C@H](CNc3ncc(Cl)cc3F)[C@H](O)C2)n1. The highest BCUT2D eigenvalue weighted by molar-refractivity contribution is 6.30. The molecule has 0 aliphatic heterocycles. The van der Waals surface area contributed by atoms with Crippen LogP contribution in [-0.2, 0) is 0 Å². The molecule has 0 saturated heterocycles. The van der Waals surface area contributed by atoms with E-state index in [0.29, 0.717) is 31.1 Å². The highest BCUT2D eigenvalue weighted by Gasteiger charge is 2.36. The summed E-state index contributed by atoms with van der Waals surface area (Å²) in [5.41, 5.74) is 0. The Morgan fingerprint density at radius 1 is 1.50 bits per heavy atom. The van der Waals surface area contributed by atoms with Gasteiger partial charge in [0.15, 0.2) is 17.5 Å². The number of halogens is 2. The molecule has 0 bridgehead atoms. The molecular formula is C14H16ClFN4O2. The Labute approximate surface area is 131 Å². The molecule has 1 aliphatic carbocycles. The summed E-state index contributed by atoms with van der Waals surface area (Å²) < 4.78 is 18.8. The number of aryl methyl sites for hydroxylation is 1. The van der Waals surface area contributed by atoms with Gasteiger partial charge in [-0.15, -0.1) is 0 Å². The third kappa shape index (κ3) is 3.20. The van der Waals surface area contributed by atoms with Gasteiger partial charge in [0.05, 0.1) is 11.1 Å². The van der Waals surface area contributed by atoms with Crippen LogP contribution in [0.25, 0.3) is 0 Å². The lowest BCUT2D eigenvalue weighted by Crippen LogP contribution is -2.22. The molecule has 3 atom stereocenters. The van der Waals surface area contributed by atoms with Crippen LogP contribution in [0.15, 0.2) is 16.8 Å². The van der Waals surface area contributed by atoms with Crippen LogP contribution in [-0.4, -0.2) is 32.9 Å². The number of anilines is 1. The summed E-state index contributed by atoms with van der Waals surface area (Å²) in [4.78, 5) is 8.11. The van der Waals surface area contributed by atoms with Crippen LogP contribution >= 0.6 is 11.6 Å². The molecule has 0 amide bonds. The minimum Gasteiger partial charge on any atom is -0.393 e. The van der Waals surface area contributed by atoms with Gasteiger partial charge in [-0.1, -0.05) is 16.8 Å². The molecule has 1 aliphatic rings. The van der Waals surface area contributed by atoms with Crippen LogP contribution in [0.3, 0.4) is 0 Å². The van der Waals surface area contributed by atoms with Gasteiger partial charge in [-0.3, -0.25) is 0 Å². The Bertz CT molecular complexity index is 666. The fourth-order valence-electron chi connectivity index (χ4n) is 2.78. The standard InChI is InChI=1S/C14H16ClFN4O2/c1-7-19-14(22-20-7)8-2-9(12(21)3-8)5-17-13-11(16)4-10(15)6-18-13/h4,6,8-9,12,21H,2-3,5H2,1H3,(H,17,18)/t8-,9+,12+/m0/s1. The molecule has 0 radical (unpaired) electrons. The number of aromatic nitrogens is 3. The van der Waals surface area contributed by atoms with E-state index in [4.69, 9.17) is 16.1 Å². The summed E-state index contributed by atoms with van der Waals surface area (Å²) in [6.07, 6.45) is 2.14. The lowest BCUT2D eigenvalue weighted by Gasteiger charge is -2.15. The van der Waals surface area contributed by atoms with E-state index in [1.54, 1.807) is 6.92 Å². The topological polar surface area (TPSA) is 84.1 Å². The molecule has 2 aromatic heterocycles. The fraction of sp³-hybridized carbons (Fsp3) is 0.500. The van der Waals surface area contributed by atoms with E-state index >= 15 is 0 Å². The second kappa shape index (κ2) is 6.18. The largest absolute Gasteiger partial charge is 0.393 e. The van der Waals surface area contributed by atoms with Crippen molar-refractivity contribution in [2.45, 2.75) is 31.8 Å². The van der Waals surface area contributed by atoms with E-state index < -0.39 is 11.9 Å². The van der Waals surface area contributed by atoms with Crippen LogP contribution in [0.5, 0.6) is 0 Å². The number of hydrogen-bond donors (Lipinski definition) is 2. The van der Waals surface area contributed by atoms with E-state index in [1.807, 2.05) is 0 Å². The number of hydrogen-bond acceptors (Lipinski definition) is 6. The molecule has 2 heterocycles. The van der Waals surface area contributed by atoms with Crippen molar-refractivity contribution in [2.24, 2.45) is 5.92 Å². The predicted molar refractivity (Wildman–Crippen MR) is 78.2 cm³/mol. The van der Waals surface area contributed by atoms with Gasteiger partial charge < -0.3 is 14.9 Å². The molecule has 6 nitrogen and oxygen atoms in total. The van der Waals surface area contributed by atoms with Crippen LogP contribution in [0.2, 0.25) is 5.02 Å². The van der Waals surface area contributed by atoms with Crippen LogP contribution < -0.4 is 5.32 Å². The number of pyridine rings is 1. The number of aliphatic hydroxyl groups excluding tert-OH is 1. The summed E-state index contributed by atoms with van der Waals surface area (Å²) in [7, 11) is 0. The zero-order chi connectivity index (χ0) is 15.7. The Morgan fingerprint density at radius 2 is 2.32 bits per heavy atom. The van der Waals surface area contributed by atoms with Gasteiger partial charge >= 0.3 is 0 Å². The quantitative estimate of drug-likeness (QED) is 0.898. The first-order valence-corrected chi connectivity index (χ1v) is 7.44. The smallest absolute Gasteiger partial charge is 0.229 e. The van der Waals surface area contributed by atoms with Crippen LogP contribution in [0.4, 0.5) is 10.2 Å². The number of rotatable bonds is 4. The first-order chi connectivity index (χ1) is 10.5. The second-order valence-corrected chi connectivity index (χ2v) is 5.98. The summed E-state index contributed by atoms with van der Waals surface area (Å²) >= 11 is 5.66. The maximum Gasteiger partial charge on any atom is 0.229 e. The third-order valence-corrected chi connectivity index (χ3v) is 4.10. The van der Waals surface area contributed by atoms with Crippen molar-refractivity contribution in [1.82, 2.24) is 15.1 Å². The molecule has 2 aromatic rings. The average Bonchev–Trinajstić information content (AvgIpc) is 3.04. The normalized spacial score (nSPS) is 24.6. The van der Waals surface area contributed by atoms with E-state index in [0.717, 1.165) is 0 Å². The van der Waals surface area contributed by atoms with E-state index in [9.17, 15) is 9.50 Å². The Morgan fingerprint density at radius 3 is 3.00 bits per heavy atom. The molecule has 3 rings (SSSR count). The zero-order valence-corrected chi connectivity index (χ0v) is 12.7. The van der Waals surface area contributed by atoms with Crippen molar-refractivity contribution < 1.29 is 14.0 Å². The molecular weight excluding hydrogens is 311 g/mol. The predicted octanol–water partition coefficient (Wildman–Crippen LogP) is 2.53. The lowest BCUT2D eigenvalue weighted by molar-refractivity contribution is 0.137. The van der Waals surface area contributed by atoms with Gasteiger partial charge in [0, 0.05) is 24.6 Å². The molecule has 0 aromatic carbocycles. The van der Waals surface area contributed by atoms with Gasteiger partial charge in [-0.25, -0.2) is 9.37 Å². The summed E-state index contributed by atoms with van der Waals surface area (Å²) in [5, 5.41) is 17.1.